The standard InChI is InChI=1S/C7H9NO3/c1-4(9)5-3-11-7(10)6(5)8-2/h8H,3H2,1-2H3. The van der Waals surface area contributed by atoms with Crippen LogP contribution in [0.1, 0.15) is 6.92 Å². The number of hydrogen-bond donors (Lipinski definition) is 1. The highest BCUT2D eigenvalue weighted by Crippen LogP contribution is 2.13. The highest BCUT2D eigenvalue weighted by atomic mass is 16.5. The lowest BCUT2D eigenvalue weighted by molar-refractivity contribution is -0.136. The minimum atomic E-state index is -0.447. The molecule has 11 heavy (non-hydrogen) atoms. The van der Waals surface area contributed by atoms with Gasteiger partial charge in [-0.2, -0.15) is 0 Å². The van der Waals surface area contributed by atoms with Gasteiger partial charge < -0.3 is 10.1 Å². The average molecular weight is 155 g/mol. The summed E-state index contributed by atoms with van der Waals surface area (Å²) in [5.41, 5.74) is 0.718. The Balaban J connectivity index is 2.98. The molecule has 1 N–H and O–H groups in total. The van der Waals surface area contributed by atoms with E-state index in [9.17, 15) is 9.59 Å². The molecule has 0 unspecified atom stereocenters. The molecule has 0 aliphatic carbocycles. The van der Waals surface area contributed by atoms with E-state index in [1.54, 1.807) is 7.05 Å². The number of cyclic esters (lactones) is 1. The molecule has 0 atom stereocenters. The van der Waals surface area contributed by atoms with Crippen molar-refractivity contribution in [2.45, 2.75) is 6.92 Å². The van der Waals surface area contributed by atoms with Crippen molar-refractivity contribution in [3.05, 3.63) is 11.3 Å². The Hall–Kier alpha value is -1.32. The predicted octanol–water partition coefficient (Wildman–Crippen LogP) is -0.394. The Morgan fingerprint density at radius 3 is 2.64 bits per heavy atom. The molecule has 4 nitrogen and oxygen atoms in total. The van der Waals surface area contributed by atoms with Gasteiger partial charge in [0.1, 0.15) is 12.3 Å². The maximum Gasteiger partial charge on any atom is 0.355 e. The van der Waals surface area contributed by atoms with Gasteiger partial charge in [0.25, 0.3) is 0 Å². The molecule has 0 radical (unpaired) electrons. The minimum Gasteiger partial charge on any atom is -0.456 e. The summed E-state index contributed by atoms with van der Waals surface area (Å²) in [6, 6.07) is 0. The molecule has 1 heterocycles. The van der Waals surface area contributed by atoms with Gasteiger partial charge in [0.05, 0.1) is 5.57 Å². The summed E-state index contributed by atoms with van der Waals surface area (Å²) in [5.74, 6) is -0.571. The van der Waals surface area contributed by atoms with E-state index in [-0.39, 0.29) is 18.1 Å². The maximum atomic E-state index is 10.8. The normalized spacial score (nSPS) is 16.7. The van der Waals surface area contributed by atoms with Gasteiger partial charge in [-0.1, -0.05) is 0 Å². The van der Waals surface area contributed by atoms with Crippen molar-refractivity contribution < 1.29 is 14.3 Å². The van der Waals surface area contributed by atoms with Crippen molar-refractivity contribution >= 4 is 11.8 Å². The maximum absolute atomic E-state index is 10.8. The van der Waals surface area contributed by atoms with Crippen LogP contribution in [-0.2, 0) is 14.3 Å². The van der Waals surface area contributed by atoms with Gasteiger partial charge >= 0.3 is 5.97 Å². The number of rotatable bonds is 2. The quantitative estimate of drug-likeness (QED) is 0.551. The smallest absolute Gasteiger partial charge is 0.355 e. The molecule has 0 aromatic heterocycles. The fourth-order valence-corrected chi connectivity index (χ4v) is 0.936. The number of esters is 1. The zero-order valence-electron chi connectivity index (χ0n) is 6.43. The first-order valence-electron chi connectivity index (χ1n) is 3.25. The third-order valence-electron chi connectivity index (χ3n) is 1.53. The second-order valence-electron chi connectivity index (χ2n) is 2.24. The fourth-order valence-electron chi connectivity index (χ4n) is 0.936. The summed E-state index contributed by atoms with van der Waals surface area (Å²) >= 11 is 0. The Bertz CT molecular complexity index is 242. The molecule has 0 amide bonds. The molecule has 4 heteroatoms. The van der Waals surface area contributed by atoms with Gasteiger partial charge in [-0.15, -0.1) is 0 Å². The predicted molar refractivity (Wildman–Crippen MR) is 37.7 cm³/mol. The molecule has 1 rings (SSSR count). The highest BCUT2D eigenvalue weighted by molar-refractivity contribution is 6.05. The number of ketones is 1. The summed E-state index contributed by atoms with van der Waals surface area (Å²) in [6.07, 6.45) is 0. The van der Waals surface area contributed by atoms with Gasteiger partial charge in [0.2, 0.25) is 0 Å². The van der Waals surface area contributed by atoms with Crippen molar-refractivity contribution in [2.24, 2.45) is 0 Å². The van der Waals surface area contributed by atoms with Crippen LogP contribution in [0.25, 0.3) is 0 Å². The molecule has 1 aliphatic heterocycles. The summed E-state index contributed by atoms with van der Waals surface area (Å²) in [5, 5.41) is 2.63. The number of nitrogens with one attached hydrogen (secondary N) is 1. The third-order valence-corrected chi connectivity index (χ3v) is 1.53. The second-order valence-corrected chi connectivity index (χ2v) is 2.24. The van der Waals surface area contributed by atoms with E-state index in [1.807, 2.05) is 0 Å². The summed E-state index contributed by atoms with van der Waals surface area (Å²) in [7, 11) is 1.59. The summed E-state index contributed by atoms with van der Waals surface area (Å²) in [4.78, 5) is 21.7. The first-order valence-corrected chi connectivity index (χ1v) is 3.25. The van der Waals surface area contributed by atoms with Gasteiger partial charge in [0.15, 0.2) is 5.78 Å². The van der Waals surface area contributed by atoms with Crippen molar-refractivity contribution in [3.8, 4) is 0 Å². The van der Waals surface area contributed by atoms with Crippen molar-refractivity contribution in [3.63, 3.8) is 0 Å². The zero-order chi connectivity index (χ0) is 8.43. The van der Waals surface area contributed by atoms with Gasteiger partial charge in [0, 0.05) is 7.05 Å². The van der Waals surface area contributed by atoms with Crippen LogP contribution in [-0.4, -0.2) is 25.4 Å². The molecular formula is C7H9NO3. The van der Waals surface area contributed by atoms with Crippen LogP contribution in [0.3, 0.4) is 0 Å². The van der Waals surface area contributed by atoms with E-state index in [4.69, 9.17) is 0 Å². The fraction of sp³-hybridized carbons (Fsp3) is 0.429. The van der Waals surface area contributed by atoms with Crippen LogP contribution in [0.4, 0.5) is 0 Å². The van der Waals surface area contributed by atoms with E-state index in [1.165, 1.54) is 6.92 Å². The van der Waals surface area contributed by atoms with Crippen LogP contribution in [0.5, 0.6) is 0 Å². The SMILES string of the molecule is CNC1=C(C(C)=O)COC1=O. The molecule has 0 spiro atoms. The number of ether oxygens (including phenoxy) is 1. The molecule has 0 aromatic rings. The number of hydrogen-bond acceptors (Lipinski definition) is 4. The van der Waals surface area contributed by atoms with E-state index >= 15 is 0 Å². The molecule has 0 aromatic carbocycles. The van der Waals surface area contributed by atoms with Crippen molar-refractivity contribution in [1.29, 1.82) is 0 Å². The van der Waals surface area contributed by atoms with Crippen LogP contribution in [0.2, 0.25) is 0 Å². The molecule has 0 saturated carbocycles. The minimum absolute atomic E-state index is 0.102. The van der Waals surface area contributed by atoms with E-state index < -0.39 is 5.97 Å². The topological polar surface area (TPSA) is 55.4 Å². The average Bonchev–Trinajstić information content (AvgIpc) is 2.30. The Morgan fingerprint density at radius 1 is 1.64 bits per heavy atom. The number of Topliss-reactive ketones (excluding diaryl/α,β-unsaturated/α-hetero) is 1. The molecule has 0 saturated heterocycles. The van der Waals surface area contributed by atoms with Crippen LogP contribution in [0, 0.1) is 0 Å². The molecule has 1 aliphatic rings. The summed E-state index contributed by atoms with van der Waals surface area (Å²) in [6.45, 7) is 1.51. The lowest BCUT2D eigenvalue weighted by Gasteiger charge is -1.96. The lowest BCUT2D eigenvalue weighted by atomic mass is 10.2. The monoisotopic (exact) mass is 155 g/mol. The zero-order valence-corrected chi connectivity index (χ0v) is 6.43. The second kappa shape index (κ2) is 2.74. The van der Waals surface area contributed by atoms with Gasteiger partial charge in [-0.3, -0.25) is 4.79 Å². The number of carbonyl (C=O) groups is 2. The summed E-state index contributed by atoms with van der Waals surface area (Å²) < 4.78 is 4.63. The molecule has 60 valence electrons. The Morgan fingerprint density at radius 2 is 2.27 bits per heavy atom. The molecular weight excluding hydrogens is 146 g/mol. The highest BCUT2D eigenvalue weighted by Gasteiger charge is 2.26. The van der Waals surface area contributed by atoms with Gasteiger partial charge in [-0.25, -0.2) is 4.79 Å². The van der Waals surface area contributed by atoms with Crippen molar-refractivity contribution in [1.82, 2.24) is 5.32 Å². The number of carbonyl (C=O) groups excluding carboxylic acids is 2. The van der Waals surface area contributed by atoms with Crippen LogP contribution in [0.15, 0.2) is 11.3 Å². The third kappa shape index (κ3) is 1.24. The van der Waals surface area contributed by atoms with E-state index in [2.05, 4.69) is 10.1 Å². The van der Waals surface area contributed by atoms with Crippen LogP contribution >= 0.6 is 0 Å². The van der Waals surface area contributed by atoms with E-state index in [0.717, 1.165) is 0 Å². The van der Waals surface area contributed by atoms with Gasteiger partial charge in [-0.05, 0) is 6.92 Å². The number of likely N-dealkylation sites (N-methyl/N-ethyl adjacent to an activating group) is 1. The lowest BCUT2D eigenvalue weighted by Crippen LogP contribution is -2.15. The first-order chi connectivity index (χ1) is 5.16. The largest absolute Gasteiger partial charge is 0.456 e. The Labute approximate surface area is 64.2 Å². The van der Waals surface area contributed by atoms with E-state index in [0.29, 0.717) is 5.57 Å². The Kier molecular flexibility index (Phi) is 1.94. The molecule has 0 bridgehead atoms. The van der Waals surface area contributed by atoms with Crippen molar-refractivity contribution in [2.75, 3.05) is 13.7 Å². The van der Waals surface area contributed by atoms with Crippen LogP contribution < -0.4 is 5.32 Å². The first kappa shape index (κ1) is 7.78. The molecule has 0 fully saturated rings.